The van der Waals surface area contributed by atoms with Gasteiger partial charge in [0.2, 0.25) is 0 Å². The molecule has 0 aromatic heterocycles. The number of hydrogen-bond acceptors (Lipinski definition) is 0. The summed E-state index contributed by atoms with van der Waals surface area (Å²) in [6, 6.07) is 0. The van der Waals surface area contributed by atoms with Crippen molar-refractivity contribution in [2.24, 2.45) is 23.7 Å². The molecule has 0 saturated carbocycles. The Balaban J connectivity index is -0.0000000420. The minimum absolute atomic E-state index is 0. The average molecular weight is 648 g/mol. The molecule has 0 aliphatic carbocycles. The molecule has 0 fully saturated rings. The molecule has 0 N–H and O–H groups in total. The zero-order valence-corrected chi connectivity index (χ0v) is 31.0. The molecule has 8 radical (unpaired) electrons. The summed E-state index contributed by atoms with van der Waals surface area (Å²) < 4.78 is 0. The molecule has 0 heterocycles. The smallest absolute Gasteiger partial charge is 0 e. The molecule has 0 amide bonds. The van der Waals surface area contributed by atoms with E-state index in [0.717, 1.165) is 40.2 Å². The molecule has 0 spiro atoms. The second kappa shape index (κ2) is 29.5. The van der Waals surface area contributed by atoms with Gasteiger partial charge < -0.3 is 0 Å². The van der Waals surface area contributed by atoms with E-state index in [4.69, 9.17) is 0 Å². The van der Waals surface area contributed by atoms with Gasteiger partial charge in [0.15, 0.2) is 0 Å². The number of hydrogen-bond donors (Lipinski definition) is 0. The van der Waals surface area contributed by atoms with Crippen LogP contribution in [0.2, 0.25) is 0 Å². The molecule has 0 aromatic rings. The van der Waals surface area contributed by atoms with Crippen molar-refractivity contribution in [3.05, 3.63) is 0 Å². The van der Waals surface area contributed by atoms with Gasteiger partial charge >= 0.3 is 0 Å². The second-order valence-electron chi connectivity index (χ2n) is 11.7. The van der Waals surface area contributed by atoms with E-state index < -0.39 is 0 Å². The quantitative estimate of drug-likeness (QED) is 0.196. The molecular formula is C24H60P2Sn2. The maximum Gasteiger partial charge on any atom is 0 e. The van der Waals surface area contributed by atoms with Crippen LogP contribution in [0.3, 0.4) is 0 Å². The standard InChI is InChI=1S/C8H20P2.4C4H10.2Sn/c1-7(2,3)9-10-8(4,5)6;4*1-4(2)3;;/h9-10H,1-6H3;4*4H,1-3H3;;. The largest absolute Gasteiger partial charge is 0.0932 e. The van der Waals surface area contributed by atoms with Gasteiger partial charge in [-0.05, 0) is 34.0 Å². The van der Waals surface area contributed by atoms with Gasteiger partial charge in [-0.25, -0.2) is 0 Å². The summed E-state index contributed by atoms with van der Waals surface area (Å²) >= 11 is 0. The third-order valence-corrected chi connectivity index (χ3v) is 7.31. The van der Waals surface area contributed by atoms with Gasteiger partial charge in [0.1, 0.15) is 0 Å². The van der Waals surface area contributed by atoms with E-state index in [0.29, 0.717) is 10.3 Å². The molecule has 0 bridgehead atoms. The molecule has 2 atom stereocenters. The van der Waals surface area contributed by atoms with Crippen LogP contribution in [0, 0.1) is 23.7 Å². The molecule has 0 rings (SSSR count). The average Bonchev–Trinajstić information content (AvgIpc) is 2.21. The first-order valence-corrected chi connectivity index (χ1v) is 13.7. The first kappa shape index (κ1) is 48.0. The van der Waals surface area contributed by atoms with Crippen molar-refractivity contribution in [2.75, 3.05) is 0 Å². The fourth-order valence-corrected chi connectivity index (χ4v) is 3.38. The third-order valence-electron chi connectivity index (χ3n) is 0.812. The van der Waals surface area contributed by atoms with E-state index in [2.05, 4.69) is 125 Å². The van der Waals surface area contributed by atoms with E-state index in [1.165, 1.54) is 0 Å². The van der Waals surface area contributed by atoms with Gasteiger partial charge in [-0.1, -0.05) is 141 Å². The molecule has 0 aliphatic heterocycles. The summed E-state index contributed by atoms with van der Waals surface area (Å²) in [6.45, 7) is 39.9. The maximum absolute atomic E-state index is 2.32. The van der Waals surface area contributed by atoms with E-state index >= 15 is 0 Å². The van der Waals surface area contributed by atoms with Crippen LogP contribution in [0.25, 0.3) is 0 Å². The maximum atomic E-state index is 2.32. The van der Waals surface area contributed by atoms with Crippen molar-refractivity contribution in [1.82, 2.24) is 0 Å². The van der Waals surface area contributed by atoms with Gasteiger partial charge in [0, 0.05) is 47.8 Å². The SMILES string of the molecule is CC(C)(C)PPC(C)(C)C.CC(C)C.CC(C)C.CC(C)C.CC(C)C.[Sn].[Sn]. The van der Waals surface area contributed by atoms with Crippen LogP contribution in [-0.2, 0) is 0 Å². The normalized spacial score (nSPS) is 10.9. The molecule has 0 nitrogen and oxygen atoms in total. The summed E-state index contributed by atoms with van der Waals surface area (Å²) in [5, 5.41) is 1.09. The van der Waals surface area contributed by atoms with E-state index in [1.54, 1.807) is 0 Å². The molecule has 28 heavy (non-hydrogen) atoms. The summed E-state index contributed by atoms with van der Waals surface area (Å²) in [5.41, 5.74) is 0. The van der Waals surface area contributed by atoms with Gasteiger partial charge in [0.05, 0.1) is 0 Å². The van der Waals surface area contributed by atoms with Crippen molar-refractivity contribution in [3.63, 3.8) is 0 Å². The second-order valence-corrected chi connectivity index (χ2v) is 16.7. The molecule has 0 saturated heterocycles. The Morgan fingerprint density at radius 2 is 0.429 bits per heavy atom. The molecule has 174 valence electrons. The minimum atomic E-state index is 0. The molecule has 4 heteroatoms. The Bertz CT molecular complexity index is 189. The van der Waals surface area contributed by atoms with Gasteiger partial charge in [-0.3, -0.25) is 0 Å². The van der Waals surface area contributed by atoms with Gasteiger partial charge in [-0.2, -0.15) is 0 Å². The van der Waals surface area contributed by atoms with Gasteiger partial charge in [-0.15, -0.1) is 0 Å². The Morgan fingerprint density at radius 1 is 0.357 bits per heavy atom. The summed E-state index contributed by atoms with van der Waals surface area (Å²) in [6.07, 6.45) is 0. The van der Waals surface area contributed by atoms with Crippen LogP contribution in [0.15, 0.2) is 0 Å². The molecular weight excluding hydrogens is 588 g/mol. The Hall–Kier alpha value is 2.46. The van der Waals surface area contributed by atoms with Crippen LogP contribution in [0.4, 0.5) is 0 Å². The molecule has 0 aromatic carbocycles. The minimum Gasteiger partial charge on any atom is -0.0932 e. The van der Waals surface area contributed by atoms with E-state index in [-0.39, 0.29) is 47.8 Å². The zero-order valence-electron chi connectivity index (χ0n) is 23.3. The van der Waals surface area contributed by atoms with Crippen molar-refractivity contribution in [2.45, 2.75) is 135 Å². The Morgan fingerprint density at radius 3 is 0.464 bits per heavy atom. The summed E-state index contributed by atoms with van der Waals surface area (Å²) in [7, 11) is 2.24. The van der Waals surface area contributed by atoms with Crippen LogP contribution in [0.1, 0.15) is 125 Å². The molecule has 2 unspecified atom stereocenters. The van der Waals surface area contributed by atoms with Crippen molar-refractivity contribution >= 4 is 64.4 Å². The van der Waals surface area contributed by atoms with E-state index in [9.17, 15) is 0 Å². The predicted octanol–water partition coefficient (Wildman–Crippen LogP) is 9.74. The van der Waals surface area contributed by atoms with Crippen molar-refractivity contribution < 1.29 is 0 Å². The van der Waals surface area contributed by atoms with Crippen LogP contribution >= 0.6 is 16.5 Å². The summed E-state index contributed by atoms with van der Waals surface area (Å²) in [4.78, 5) is 0. The van der Waals surface area contributed by atoms with Crippen LogP contribution in [0.5, 0.6) is 0 Å². The van der Waals surface area contributed by atoms with Crippen molar-refractivity contribution in [1.29, 1.82) is 0 Å². The topological polar surface area (TPSA) is 0 Å². The van der Waals surface area contributed by atoms with Crippen molar-refractivity contribution in [3.8, 4) is 0 Å². The predicted molar refractivity (Wildman–Crippen MR) is 150 cm³/mol. The first-order chi connectivity index (χ1) is 11.1. The van der Waals surface area contributed by atoms with Crippen LogP contribution < -0.4 is 0 Å². The van der Waals surface area contributed by atoms with Crippen LogP contribution in [-0.4, -0.2) is 58.1 Å². The Kier molecular flexibility index (Phi) is 50.5. The number of rotatable bonds is 1. The summed E-state index contributed by atoms with van der Waals surface area (Å²) in [5.74, 6) is 3.33. The first-order valence-electron chi connectivity index (χ1n) is 10.7. The zero-order chi connectivity index (χ0) is 22.7. The van der Waals surface area contributed by atoms with E-state index in [1.807, 2.05) is 0 Å². The fraction of sp³-hybridized carbons (Fsp3) is 1.00. The molecule has 0 aliphatic rings. The monoisotopic (exact) mass is 650 g/mol. The fourth-order valence-electron chi connectivity index (χ4n) is 0.375. The van der Waals surface area contributed by atoms with Gasteiger partial charge in [0.25, 0.3) is 0 Å². The Labute approximate surface area is 221 Å². The third kappa shape index (κ3) is 240.